The molecule has 0 aliphatic heterocycles. The number of halogens is 1. The van der Waals surface area contributed by atoms with Crippen LogP contribution in [0.25, 0.3) is 11.1 Å². The Bertz CT molecular complexity index is 1460. The van der Waals surface area contributed by atoms with Crippen LogP contribution in [0.3, 0.4) is 0 Å². The summed E-state index contributed by atoms with van der Waals surface area (Å²) in [5, 5.41) is 16.3. The van der Waals surface area contributed by atoms with Crippen molar-refractivity contribution in [1.82, 2.24) is 5.32 Å². The van der Waals surface area contributed by atoms with Crippen molar-refractivity contribution >= 4 is 29.2 Å². The molecule has 6 nitrogen and oxygen atoms in total. The maximum Gasteiger partial charge on any atom is 0.305 e. The predicted molar refractivity (Wildman–Crippen MR) is 165 cm³/mol. The predicted octanol–water partition coefficient (Wildman–Crippen LogP) is 8.59. The fraction of sp³-hybridized carbons (Fsp3) is 0.235. The van der Waals surface area contributed by atoms with Crippen molar-refractivity contribution in [2.45, 2.75) is 39.2 Å². The van der Waals surface area contributed by atoms with E-state index >= 15 is 0 Å². The van der Waals surface area contributed by atoms with Crippen LogP contribution in [0, 0.1) is 5.92 Å². The average Bonchev–Trinajstić information content (AvgIpc) is 2.97. The quantitative estimate of drug-likeness (QED) is 0.150. The summed E-state index contributed by atoms with van der Waals surface area (Å²) in [5.74, 6) is 0.466. The van der Waals surface area contributed by atoms with Gasteiger partial charge in [0.1, 0.15) is 11.5 Å². The summed E-state index contributed by atoms with van der Waals surface area (Å²) in [6, 6.07) is 29.2. The number of carboxylic acid groups (broad SMARTS) is 1. The number of carboxylic acids is 1. The van der Waals surface area contributed by atoms with E-state index < -0.39 is 17.9 Å². The molecule has 0 bridgehead atoms. The fourth-order valence-electron chi connectivity index (χ4n) is 4.70. The lowest BCUT2D eigenvalue weighted by atomic mass is 9.98. The normalized spacial score (nSPS) is 12.3. The molecular formula is C34H35ClN2O4. The van der Waals surface area contributed by atoms with Gasteiger partial charge in [-0.2, -0.15) is 0 Å². The first-order chi connectivity index (χ1) is 19.8. The zero-order valence-corrected chi connectivity index (χ0v) is 24.0. The van der Waals surface area contributed by atoms with E-state index in [2.05, 4.69) is 24.5 Å². The Kier molecular flexibility index (Phi) is 10.4. The van der Waals surface area contributed by atoms with E-state index in [4.69, 9.17) is 16.3 Å². The summed E-state index contributed by atoms with van der Waals surface area (Å²) in [7, 11) is 0. The summed E-state index contributed by atoms with van der Waals surface area (Å²) >= 11 is 6.24. The molecule has 0 aromatic heterocycles. The Balaban J connectivity index is 1.55. The number of nitrogens with one attached hydrogen (secondary N) is 2. The zero-order valence-electron chi connectivity index (χ0n) is 23.3. The summed E-state index contributed by atoms with van der Waals surface area (Å²) in [4.78, 5) is 25.2. The third-order valence-corrected chi connectivity index (χ3v) is 7.05. The first-order valence-electron chi connectivity index (χ1n) is 13.8. The maximum atomic E-state index is 13.4. The number of para-hydroxylation sites is 2. The molecule has 4 aromatic rings. The van der Waals surface area contributed by atoms with E-state index in [1.165, 1.54) is 0 Å². The van der Waals surface area contributed by atoms with Gasteiger partial charge >= 0.3 is 5.97 Å². The van der Waals surface area contributed by atoms with Crippen molar-refractivity contribution in [3.05, 3.63) is 113 Å². The second-order valence-electron chi connectivity index (χ2n) is 10.1. The lowest BCUT2D eigenvalue weighted by Gasteiger charge is -2.20. The molecule has 4 aromatic carbocycles. The van der Waals surface area contributed by atoms with Gasteiger partial charge in [-0.05, 0) is 59.9 Å². The first kappa shape index (κ1) is 29.7. The minimum Gasteiger partial charge on any atom is -0.481 e. The number of hydrogen-bond acceptors (Lipinski definition) is 4. The highest BCUT2D eigenvalue weighted by Gasteiger charge is 2.21. The highest BCUT2D eigenvalue weighted by molar-refractivity contribution is 6.31. The fourth-order valence-corrected chi connectivity index (χ4v) is 4.88. The first-order valence-corrected chi connectivity index (χ1v) is 14.2. The van der Waals surface area contributed by atoms with Gasteiger partial charge in [-0.3, -0.25) is 9.59 Å². The minimum atomic E-state index is -1.01. The molecule has 212 valence electrons. The van der Waals surface area contributed by atoms with E-state index in [0.29, 0.717) is 40.0 Å². The number of aliphatic carboxylic acids is 1. The lowest BCUT2D eigenvalue weighted by molar-refractivity contribution is -0.137. The van der Waals surface area contributed by atoms with Crippen molar-refractivity contribution in [2.75, 3.05) is 11.9 Å². The number of hydrogen-bond donors (Lipinski definition) is 3. The number of carbonyl (C=O) groups excluding carboxylic acids is 1. The van der Waals surface area contributed by atoms with Crippen LogP contribution in [-0.2, 0) is 4.79 Å². The van der Waals surface area contributed by atoms with Crippen LogP contribution in [0.4, 0.5) is 5.69 Å². The lowest BCUT2D eigenvalue weighted by Crippen LogP contribution is -2.31. The zero-order chi connectivity index (χ0) is 29.2. The van der Waals surface area contributed by atoms with Crippen molar-refractivity contribution in [3.63, 3.8) is 0 Å². The SMILES string of the molecule is CCCC(C)CNc1ccc(Cl)cc1C(=O)NC(CC(=O)O)c1ccc(-c2ccccc2Oc2ccccc2)cc1. The molecule has 4 rings (SSSR count). The van der Waals surface area contributed by atoms with E-state index in [9.17, 15) is 14.7 Å². The molecule has 0 spiro atoms. The Morgan fingerprint density at radius 3 is 2.34 bits per heavy atom. The van der Waals surface area contributed by atoms with Crippen LogP contribution < -0.4 is 15.4 Å². The number of ether oxygens (including phenoxy) is 1. The van der Waals surface area contributed by atoms with Gasteiger partial charge in [0.05, 0.1) is 18.0 Å². The molecule has 2 unspecified atom stereocenters. The van der Waals surface area contributed by atoms with E-state index in [-0.39, 0.29) is 6.42 Å². The van der Waals surface area contributed by atoms with Crippen molar-refractivity contribution < 1.29 is 19.4 Å². The molecule has 41 heavy (non-hydrogen) atoms. The van der Waals surface area contributed by atoms with Gasteiger partial charge in [-0.25, -0.2) is 0 Å². The summed E-state index contributed by atoms with van der Waals surface area (Å²) in [5.41, 5.74) is 3.52. The minimum absolute atomic E-state index is 0.268. The molecule has 0 aliphatic carbocycles. The number of amides is 1. The van der Waals surface area contributed by atoms with Crippen LogP contribution in [0.5, 0.6) is 11.5 Å². The Hall–Kier alpha value is -4.29. The number of benzene rings is 4. The number of rotatable bonds is 13. The summed E-state index contributed by atoms with van der Waals surface area (Å²) in [6.07, 6.45) is 1.88. The van der Waals surface area contributed by atoms with Crippen LogP contribution in [-0.4, -0.2) is 23.5 Å². The summed E-state index contributed by atoms with van der Waals surface area (Å²) < 4.78 is 6.11. The number of anilines is 1. The van der Waals surface area contributed by atoms with Crippen LogP contribution in [0.1, 0.15) is 55.1 Å². The van der Waals surface area contributed by atoms with Crippen LogP contribution in [0.15, 0.2) is 97.1 Å². The second-order valence-corrected chi connectivity index (χ2v) is 10.6. The van der Waals surface area contributed by atoms with Gasteiger partial charge in [-0.1, -0.05) is 92.5 Å². The molecule has 3 N–H and O–H groups in total. The van der Waals surface area contributed by atoms with E-state index in [1.807, 2.05) is 78.9 Å². The maximum absolute atomic E-state index is 13.4. The van der Waals surface area contributed by atoms with Gasteiger partial charge in [0.25, 0.3) is 5.91 Å². The molecule has 0 fully saturated rings. The molecule has 0 saturated carbocycles. The van der Waals surface area contributed by atoms with E-state index in [1.54, 1.807) is 18.2 Å². The van der Waals surface area contributed by atoms with Crippen LogP contribution in [0.2, 0.25) is 5.02 Å². The highest BCUT2D eigenvalue weighted by Crippen LogP contribution is 2.34. The van der Waals surface area contributed by atoms with Crippen molar-refractivity contribution in [1.29, 1.82) is 0 Å². The largest absolute Gasteiger partial charge is 0.481 e. The monoisotopic (exact) mass is 570 g/mol. The smallest absolute Gasteiger partial charge is 0.305 e. The average molecular weight is 571 g/mol. The molecule has 0 heterocycles. The molecule has 0 saturated heterocycles. The molecule has 1 amide bonds. The van der Waals surface area contributed by atoms with Gasteiger partial charge in [0, 0.05) is 22.8 Å². The van der Waals surface area contributed by atoms with Gasteiger partial charge in [0.15, 0.2) is 0 Å². The van der Waals surface area contributed by atoms with Crippen molar-refractivity contribution in [2.24, 2.45) is 5.92 Å². The second kappa shape index (κ2) is 14.4. The third-order valence-electron chi connectivity index (χ3n) is 6.81. The standard InChI is InChI=1S/C34H35ClN2O4/c1-3-9-23(2)22-36-30-19-18-26(35)20-29(30)34(40)37-31(21-33(38)39)25-16-14-24(15-17-25)28-12-7-8-13-32(28)41-27-10-5-4-6-11-27/h4-8,10-20,23,31,36H,3,9,21-22H2,1-2H3,(H,37,40)(H,38,39). The van der Waals surface area contributed by atoms with Gasteiger partial charge in [-0.15, -0.1) is 0 Å². The molecule has 7 heteroatoms. The Morgan fingerprint density at radius 2 is 1.63 bits per heavy atom. The molecule has 0 aliphatic rings. The summed E-state index contributed by atoms with van der Waals surface area (Å²) in [6.45, 7) is 5.01. The van der Waals surface area contributed by atoms with Crippen LogP contribution >= 0.6 is 11.6 Å². The third kappa shape index (κ3) is 8.35. The van der Waals surface area contributed by atoms with Crippen molar-refractivity contribution in [3.8, 4) is 22.6 Å². The molecular weight excluding hydrogens is 536 g/mol. The topological polar surface area (TPSA) is 87.7 Å². The van der Waals surface area contributed by atoms with E-state index in [0.717, 1.165) is 29.7 Å². The Labute approximate surface area is 246 Å². The molecule has 2 atom stereocenters. The van der Waals surface area contributed by atoms with Gasteiger partial charge in [0.2, 0.25) is 0 Å². The number of carbonyl (C=O) groups is 2. The molecule has 0 radical (unpaired) electrons. The highest BCUT2D eigenvalue weighted by atomic mass is 35.5. The Morgan fingerprint density at radius 1 is 0.927 bits per heavy atom. The van der Waals surface area contributed by atoms with Gasteiger partial charge < -0.3 is 20.5 Å².